The third-order valence-corrected chi connectivity index (χ3v) is 3.11. The number of aromatic nitrogens is 1. The lowest BCUT2D eigenvalue weighted by Crippen LogP contribution is -1.82. The van der Waals surface area contributed by atoms with Crippen molar-refractivity contribution in [1.29, 1.82) is 0 Å². The van der Waals surface area contributed by atoms with Gasteiger partial charge in [0, 0.05) is 11.3 Å². The monoisotopic (exact) mass is 221 g/mol. The van der Waals surface area contributed by atoms with Crippen molar-refractivity contribution in [2.75, 3.05) is 6.26 Å². The predicted octanol–water partition coefficient (Wildman–Crippen LogP) is 3.89. The van der Waals surface area contributed by atoms with Crippen molar-refractivity contribution in [3.63, 3.8) is 0 Å². The Kier molecular flexibility index (Phi) is 3.31. The number of hydrogen-bond donors (Lipinski definition) is 0. The van der Waals surface area contributed by atoms with Gasteiger partial charge in [0.2, 0.25) is 0 Å². The van der Waals surface area contributed by atoms with Gasteiger partial charge >= 0.3 is 0 Å². The maximum Gasteiger partial charge on any atom is 0.195 e. The van der Waals surface area contributed by atoms with Crippen molar-refractivity contribution in [2.45, 2.75) is 31.1 Å². The molecule has 0 unspecified atom stereocenters. The summed E-state index contributed by atoms with van der Waals surface area (Å²) in [5.41, 5.74) is 1.88. The maximum absolute atomic E-state index is 5.65. The minimum Gasteiger partial charge on any atom is -0.441 e. The van der Waals surface area contributed by atoms with E-state index in [1.54, 1.807) is 11.8 Å². The van der Waals surface area contributed by atoms with Crippen molar-refractivity contribution < 1.29 is 4.42 Å². The fourth-order valence-electron chi connectivity index (χ4n) is 1.52. The van der Waals surface area contributed by atoms with Crippen LogP contribution in [0.4, 0.5) is 0 Å². The summed E-state index contributed by atoms with van der Waals surface area (Å²) in [6.45, 7) is 2.18. The number of rotatable bonds is 4. The molecule has 0 saturated carbocycles. The molecule has 80 valence electrons. The third kappa shape index (κ3) is 2.34. The van der Waals surface area contributed by atoms with Gasteiger partial charge in [0.25, 0.3) is 0 Å². The number of nitrogens with zero attached hydrogens (tertiary/aromatic N) is 1. The Hall–Kier alpha value is -0.960. The average Bonchev–Trinajstić information content (AvgIpc) is 2.67. The van der Waals surface area contributed by atoms with E-state index in [0.29, 0.717) is 0 Å². The fraction of sp³-hybridized carbons (Fsp3) is 0.417. The number of oxazole rings is 1. The lowest BCUT2D eigenvalue weighted by Gasteiger charge is -1.92. The van der Waals surface area contributed by atoms with E-state index in [0.717, 1.165) is 29.8 Å². The van der Waals surface area contributed by atoms with Crippen LogP contribution in [0.5, 0.6) is 0 Å². The number of hydrogen-bond acceptors (Lipinski definition) is 3. The van der Waals surface area contributed by atoms with Gasteiger partial charge in [-0.25, -0.2) is 4.98 Å². The van der Waals surface area contributed by atoms with Gasteiger partial charge in [0.05, 0.1) is 0 Å². The number of aryl methyl sites for hydroxylation is 1. The number of benzene rings is 1. The van der Waals surface area contributed by atoms with Gasteiger partial charge in [0.1, 0.15) is 5.52 Å². The molecule has 0 atom stereocenters. The molecule has 0 spiro atoms. The predicted molar refractivity (Wildman–Crippen MR) is 64.4 cm³/mol. The highest BCUT2D eigenvalue weighted by molar-refractivity contribution is 7.98. The Bertz CT molecular complexity index is 450. The molecule has 15 heavy (non-hydrogen) atoms. The van der Waals surface area contributed by atoms with E-state index in [2.05, 4.69) is 30.3 Å². The molecule has 0 aliphatic heterocycles. The lowest BCUT2D eigenvalue weighted by molar-refractivity contribution is 0.517. The Morgan fingerprint density at radius 2 is 2.27 bits per heavy atom. The molecule has 2 aromatic rings. The molecular formula is C12H15NOS. The Balaban J connectivity index is 2.29. The first kappa shape index (κ1) is 10.6. The number of fused-ring (bicyclic) bond motifs is 1. The van der Waals surface area contributed by atoms with Crippen LogP contribution in [-0.2, 0) is 6.42 Å². The smallest absolute Gasteiger partial charge is 0.195 e. The molecule has 0 saturated heterocycles. The van der Waals surface area contributed by atoms with Crippen molar-refractivity contribution in [3.05, 3.63) is 24.1 Å². The first-order valence-corrected chi connectivity index (χ1v) is 6.49. The second kappa shape index (κ2) is 4.71. The van der Waals surface area contributed by atoms with Crippen LogP contribution in [0.25, 0.3) is 11.1 Å². The van der Waals surface area contributed by atoms with Gasteiger partial charge in [-0.3, -0.25) is 0 Å². The van der Waals surface area contributed by atoms with Gasteiger partial charge in [-0.1, -0.05) is 13.3 Å². The summed E-state index contributed by atoms with van der Waals surface area (Å²) in [6.07, 6.45) is 5.33. The zero-order chi connectivity index (χ0) is 10.7. The summed E-state index contributed by atoms with van der Waals surface area (Å²) in [5, 5.41) is 0. The standard InChI is InChI=1S/C12H15NOS/c1-3-4-5-12-13-10-8-9(15-2)6-7-11(10)14-12/h6-8H,3-5H2,1-2H3. The Morgan fingerprint density at radius 3 is 3.00 bits per heavy atom. The van der Waals surface area contributed by atoms with E-state index in [1.807, 2.05) is 6.07 Å². The molecule has 2 rings (SSSR count). The normalized spacial score (nSPS) is 11.1. The van der Waals surface area contributed by atoms with Crippen molar-refractivity contribution in [1.82, 2.24) is 4.98 Å². The minimum atomic E-state index is 0.866. The highest BCUT2D eigenvalue weighted by Gasteiger charge is 2.05. The summed E-state index contributed by atoms with van der Waals surface area (Å²) >= 11 is 1.73. The van der Waals surface area contributed by atoms with Gasteiger partial charge in [0.15, 0.2) is 11.5 Å². The summed E-state index contributed by atoms with van der Waals surface area (Å²) in [5.74, 6) is 0.866. The summed E-state index contributed by atoms with van der Waals surface area (Å²) in [7, 11) is 0. The summed E-state index contributed by atoms with van der Waals surface area (Å²) in [4.78, 5) is 5.71. The largest absolute Gasteiger partial charge is 0.441 e. The van der Waals surface area contributed by atoms with Gasteiger partial charge in [-0.15, -0.1) is 11.8 Å². The molecular weight excluding hydrogens is 206 g/mol. The van der Waals surface area contributed by atoms with E-state index in [-0.39, 0.29) is 0 Å². The van der Waals surface area contributed by atoms with Crippen LogP contribution < -0.4 is 0 Å². The molecule has 0 aliphatic carbocycles. The number of unbranched alkanes of at least 4 members (excludes halogenated alkanes) is 1. The second-order valence-corrected chi connectivity index (χ2v) is 4.42. The molecule has 0 amide bonds. The molecule has 0 radical (unpaired) electrons. The zero-order valence-corrected chi connectivity index (χ0v) is 9.93. The van der Waals surface area contributed by atoms with Crippen molar-refractivity contribution in [2.24, 2.45) is 0 Å². The van der Waals surface area contributed by atoms with Crippen LogP contribution >= 0.6 is 11.8 Å². The van der Waals surface area contributed by atoms with E-state index in [4.69, 9.17) is 4.42 Å². The van der Waals surface area contributed by atoms with Crippen LogP contribution in [-0.4, -0.2) is 11.2 Å². The van der Waals surface area contributed by atoms with E-state index < -0.39 is 0 Å². The van der Waals surface area contributed by atoms with Crippen molar-refractivity contribution in [3.8, 4) is 0 Å². The Morgan fingerprint density at radius 1 is 1.40 bits per heavy atom. The quantitative estimate of drug-likeness (QED) is 0.732. The Labute approximate surface area is 94.1 Å². The van der Waals surface area contributed by atoms with E-state index >= 15 is 0 Å². The van der Waals surface area contributed by atoms with Crippen LogP contribution in [0.3, 0.4) is 0 Å². The summed E-state index contributed by atoms with van der Waals surface area (Å²) in [6, 6.07) is 6.16. The van der Waals surface area contributed by atoms with Crippen LogP contribution in [0.1, 0.15) is 25.7 Å². The van der Waals surface area contributed by atoms with Crippen molar-refractivity contribution >= 4 is 22.9 Å². The molecule has 0 bridgehead atoms. The second-order valence-electron chi connectivity index (χ2n) is 3.54. The summed E-state index contributed by atoms with van der Waals surface area (Å²) < 4.78 is 5.65. The van der Waals surface area contributed by atoms with E-state index in [9.17, 15) is 0 Å². The molecule has 0 aliphatic rings. The third-order valence-electron chi connectivity index (χ3n) is 2.38. The van der Waals surface area contributed by atoms with Gasteiger partial charge in [-0.05, 0) is 30.9 Å². The topological polar surface area (TPSA) is 26.0 Å². The molecule has 1 heterocycles. The first-order valence-electron chi connectivity index (χ1n) is 5.27. The average molecular weight is 221 g/mol. The van der Waals surface area contributed by atoms with Crippen LogP contribution in [0, 0.1) is 0 Å². The van der Waals surface area contributed by atoms with Gasteiger partial charge in [-0.2, -0.15) is 0 Å². The SMILES string of the molecule is CCCCc1nc2cc(SC)ccc2o1. The first-order chi connectivity index (χ1) is 7.33. The molecule has 1 aromatic carbocycles. The maximum atomic E-state index is 5.65. The van der Waals surface area contributed by atoms with Gasteiger partial charge < -0.3 is 4.42 Å². The molecule has 2 nitrogen and oxygen atoms in total. The van der Waals surface area contributed by atoms with Crippen LogP contribution in [0.2, 0.25) is 0 Å². The van der Waals surface area contributed by atoms with E-state index in [1.165, 1.54) is 11.3 Å². The molecule has 3 heteroatoms. The minimum absolute atomic E-state index is 0.866. The number of thioether (sulfide) groups is 1. The zero-order valence-electron chi connectivity index (χ0n) is 9.12. The highest BCUT2D eigenvalue weighted by Crippen LogP contribution is 2.22. The molecule has 0 fully saturated rings. The molecule has 0 N–H and O–H groups in total. The highest BCUT2D eigenvalue weighted by atomic mass is 32.2. The fourth-order valence-corrected chi connectivity index (χ4v) is 1.95. The lowest BCUT2D eigenvalue weighted by atomic mass is 10.2. The van der Waals surface area contributed by atoms with Crippen LogP contribution in [0.15, 0.2) is 27.5 Å². The molecule has 1 aromatic heterocycles.